The van der Waals surface area contributed by atoms with Crippen LogP contribution in [-0.4, -0.2) is 56.8 Å². The highest BCUT2D eigenvalue weighted by molar-refractivity contribution is 7.89. The number of carbonyl (C=O) groups excluding carboxylic acids is 1. The number of methoxy groups -OCH3 is 1. The summed E-state index contributed by atoms with van der Waals surface area (Å²) < 4.78 is 32.3. The van der Waals surface area contributed by atoms with Gasteiger partial charge in [0.05, 0.1) is 18.0 Å². The van der Waals surface area contributed by atoms with Crippen molar-refractivity contribution in [2.24, 2.45) is 0 Å². The molecule has 1 fully saturated rings. The number of nitrogens with zero attached hydrogens (tertiary/aromatic N) is 3. The van der Waals surface area contributed by atoms with Crippen molar-refractivity contribution in [1.82, 2.24) is 14.5 Å². The van der Waals surface area contributed by atoms with Gasteiger partial charge in [-0.3, -0.25) is 4.79 Å². The number of aryl methyl sites for hydroxylation is 1. The number of nitriles is 1. The highest BCUT2D eigenvalue weighted by atomic mass is 32.2. The predicted octanol–water partition coefficient (Wildman–Crippen LogP) is 2.59. The van der Waals surface area contributed by atoms with Crippen LogP contribution in [0.15, 0.2) is 65.2 Å². The van der Waals surface area contributed by atoms with Crippen LogP contribution in [0.4, 0.5) is 0 Å². The van der Waals surface area contributed by atoms with E-state index in [9.17, 15) is 18.5 Å². The third-order valence-electron chi connectivity index (χ3n) is 5.57. The van der Waals surface area contributed by atoms with Gasteiger partial charge in [-0.15, -0.1) is 0 Å². The highest BCUT2D eigenvalue weighted by Gasteiger charge is 2.28. The molecule has 1 N–H and O–H groups in total. The Hall–Kier alpha value is -3.35. The molecule has 0 bridgehead atoms. The van der Waals surface area contributed by atoms with Crippen molar-refractivity contribution in [2.45, 2.75) is 24.8 Å². The van der Waals surface area contributed by atoms with Crippen LogP contribution in [0.1, 0.15) is 24.1 Å². The van der Waals surface area contributed by atoms with E-state index in [0.717, 1.165) is 16.9 Å². The lowest BCUT2D eigenvalue weighted by Crippen LogP contribution is -2.47. The number of hydrogen-bond donors (Lipinski definition) is 1. The Morgan fingerprint density at radius 2 is 1.70 bits per heavy atom. The molecule has 0 aliphatic carbocycles. The van der Waals surface area contributed by atoms with E-state index in [1.54, 1.807) is 36.3 Å². The average molecular weight is 469 g/mol. The fourth-order valence-corrected chi connectivity index (χ4v) is 4.93. The quantitative estimate of drug-likeness (QED) is 0.495. The number of rotatable bonds is 7. The zero-order valence-corrected chi connectivity index (χ0v) is 19.8. The Balaban J connectivity index is 1.61. The predicted molar refractivity (Wildman–Crippen MR) is 125 cm³/mol. The first-order chi connectivity index (χ1) is 15.7. The Kier molecular flexibility index (Phi) is 7.74. The van der Waals surface area contributed by atoms with Gasteiger partial charge in [-0.2, -0.15) is 9.57 Å². The van der Waals surface area contributed by atoms with Crippen LogP contribution in [0.5, 0.6) is 5.75 Å². The summed E-state index contributed by atoms with van der Waals surface area (Å²) in [5.74, 6) is 0.244. The molecule has 174 valence electrons. The molecular weight excluding hydrogens is 440 g/mol. The van der Waals surface area contributed by atoms with Crippen LogP contribution < -0.4 is 10.1 Å². The number of nitrogens with one attached hydrogen (secondary N) is 1. The standard InChI is InChI=1S/C24H28N4O4S/c1-18-4-10-23(11-5-18)33(30,31)28-14-12-27(13-15-28)17-21(16-25)24(29)26-19(2)20-6-8-22(32-3)9-7-20/h4-11,17,19H,12-15H2,1-3H3,(H,26,29)/b21-17-. The number of sulfonamides is 1. The van der Waals surface area contributed by atoms with Crippen molar-refractivity contribution in [1.29, 1.82) is 5.26 Å². The average Bonchev–Trinajstić information content (AvgIpc) is 2.83. The molecule has 3 rings (SSSR count). The zero-order chi connectivity index (χ0) is 24.0. The Morgan fingerprint density at radius 3 is 2.24 bits per heavy atom. The molecule has 33 heavy (non-hydrogen) atoms. The summed E-state index contributed by atoms with van der Waals surface area (Å²) in [5, 5.41) is 12.3. The van der Waals surface area contributed by atoms with Gasteiger partial charge >= 0.3 is 0 Å². The molecule has 1 amide bonds. The first-order valence-corrected chi connectivity index (χ1v) is 12.1. The van der Waals surface area contributed by atoms with Gasteiger partial charge in [0, 0.05) is 32.4 Å². The molecule has 1 aliphatic rings. The second kappa shape index (κ2) is 10.5. The molecule has 1 heterocycles. The molecule has 8 nitrogen and oxygen atoms in total. The monoisotopic (exact) mass is 468 g/mol. The van der Waals surface area contributed by atoms with E-state index in [0.29, 0.717) is 13.1 Å². The van der Waals surface area contributed by atoms with Gasteiger partial charge in [0.15, 0.2) is 0 Å². The number of piperazine rings is 1. The van der Waals surface area contributed by atoms with Crippen molar-refractivity contribution < 1.29 is 17.9 Å². The minimum atomic E-state index is -3.57. The minimum absolute atomic E-state index is 0.0230. The lowest BCUT2D eigenvalue weighted by Gasteiger charge is -2.33. The first-order valence-electron chi connectivity index (χ1n) is 10.6. The van der Waals surface area contributed by atoms with Crippen LogP contribution in [0.2, 0.25) is 0 Å². The van der Waals surface area contributed by atoms with Gasteiger partial charge in [-0.1, -0.05) is 29.8 Å². The summed E-state index contributed by atoms with van der Waals surface area (Å²) in [6.07, 6.45) is 1.51. The number of hydrogen-bond acceptors (Lipinski definition) is 6. The summed E-state index contributed by atoms with van der Waals surface area (Å²) in [4.78, 5) is 14.7. The lowest BCUT2D eigenvalue weighted by atomic mass is 10.1. The Morgan fingerprint density at radius 1 is 1.09 bits per heavy atom. The van der Waals surface area contributed by atoms with Crippen LogP contribution in [0.3, 0.4) is 0 Å². The number of carbonyl (C=O) groups is 1. The second-order valence-electron chi connectivity index (χ2n) is 7.88. The minimum Gasteiger partial charge on any atom is -0.497 e. The van der Waals surface area contributed by atoms with Crippen LogP contribution in [0.25, 0.3) is 0 Å². The van der Waals surface area contributed by atoms with Crippen molar-refractivity contribution in [3.8, 4) is 11.8 Å². The van der Waals surface area contributed by atoms with Gasteiger partial charge in [0.2, 0.25) is 10.0 Å². The summed E-state index contributed by atoms with van der Waals surface area (Å²) in [7, 11) is -1.99. The van der Waals surface area contributed by atoms with Crippen molar-refractivity contribution in [2.75, 3.05) is 33.3 Å². The second-order valence-corrected chi connectivity index (χ2v) is 9.81. The first kappa shape index (κ1) is 24.3. The van der Waals surface area contributed by atoms with Gasteiger partial charge in [-0.05, 0) is 43.7 Å². The number of ether oxygens (including phenoxy) is 1. The van der Waals surface area contributed by atoms with E-state index in [1.807, 2.05) is 44.2 Å². The molecular formula is C24H28N4O4S. The van der Waals surface area contributed by atoms with Crippen molar-refractivity contribution in [3.63, 3.8) is 0 Å². The molecule has 0 aromatic heterocycles. The maximum Gasteiger partial charge on any atom is 0.263 e. The van der Waals surface area contributed by atoms with E-state index in [-0.39, 0.29) is 29.6 Å². The Labute approximate surface area is 195 Å². The van der Waals surface area contributed by atoms with Crippen molar-refractivity contribution >= 4 is 15.9 Å². The zero-order valence-electron chi connectivity index (χ0n) is 19.0. The lowest BCUT2D eigenvalue weighted by molar-refractivity contribution is -0.117. The maximum atomic E-state index is 12.9. The summed E-state index contributed by atoms with van der Waals surface area (Å²) in [6, 6.07) is 15.8. The molecule has 1 atom stereocenters. The molecule has 0 spiro atoms. The number of amides is 1. The van der Waals surface area contributed by atoms with Gasteiger partial charge in [-0.25, -0.2) is 8.42 Å². The van der Waals surface area contributed by atoms with Crippen molar-refractivity contribution in [3.05, 3.63) is 71.4 Å². The summed E-state index contributed by atoms with van der Waals surface area (Å²) >= 11 is 0. The largest absolute Gasteiger partial charge is 0.497 e. The van der Waals surface area contributed by atoms with E-state index in [4.69, 9.17) is 4.74 Å². The highest BCUT2D eigenvalue weighted by Crippen LogP contribution is 2.20. The smallest absolute Gasteiger partial charge is 0.263 e. The van der Waals surface area contributed by atoms with E-state index in [2.05, 4.69) is 5.32 Å². The van der Waals surface area contributed by atoms with E-state index < -0.39 is 15.9 Å². The molecule has 1 saturated heterocycles. The molecule has 9 heteroatoms. The molecule has 1 aliphatic heterocycles. The summed E-state index contributed by atoms with van der Waals surface area (Å²) in [5.41, 5.74) is 1.86. The number of benzene rings is 2. The van der Waals surface area contributed by atoms with Crippen LogP contribution >= 0.6 is 0 Å². The van der Waals surface area contributed by atoms with Gasteiger partial charge in [0.1, 0.15) is 17.4 Å². The van der Waals surface area contributed by atoms with E-state index >= 15 is 0 Å². The fraction of sp³-hybridized carbons (Fsp3) is 0.333. The molecule has 2 aromatic rings. The maximum absolute atomic E-state index is 12.9. The summed E-state index contributed by atoms with van der Waals surface area (Å²) in [6.45, 7) is 5.06. The molecule has 0 saturated carbocycles. The Bertz CT molecular complexity index is 1140. The third-order valence-corrected chi connectivity index (χ3v) is 7.49. The fourth-order valence-electron chi connectivity index (χ4n) is 3.50. The van der Waals surface area contributed by atoms with Gasteiger partial charge < -0.3 is 15.0 Å². The van der Waals surface area contributed by atoms with Gasteiger partial charge in [0.25, 0.3) is 5.91 Å². The SMILES string of the molecule is COc1ccc(C(C)NC(=O)/C(C#N)=C\N2CCN(S(=O)(=O)c3ccc(C)cc3)CC2)cc1. The third kappa shape index (κ3) is 5.92. The van der Waals surface area contributed by atoms with Crippen LogP contribution in [0, 0.1) is 18.3 Å². The topological polar surface area (TPSA) is 103 Å². The molecule has 1 unspecified atom stereocenters. The van der Waals surface area contributed by atoms with Crippen LogP contribution in [-0.2, 0) is 14.8 Å². The normalized spacial score (nSPS) is 16.1. The molecule has 2 aromatic carbocycles. The molecule has 0 radical (unpaired) electrons. The van der Waals surface area contributed by atoms with E-state index in [1.165, 1.54) is 10.5 Å².